The number of phenolic OH excluding ortho intramolecular Hbond substituents is 1. The van der Waals surface area contributed by atoms with Gasteiger partial charge in [0, 0.05) is 23.6 Å². The Morgan fingerprint density at radius 3 is 2.71 bits per heavy atom. The Labute approximate surface area is 166 Å². The van der Waals surface area contributed by atoms with Crippen LogP contribution in [0, 0.1) is 0 Å². The van der Waals surface area contributed by atoms with Crippen molar-refractivity contribution in [3.8, 4) is 22.8 Å². The zero-order valence-electron chi connectivity index (χ0n) is 15.5. The minimum absolute atomic E-state index is 0.141. The average molecular weight is 389 g/mol. The second-order valence-electron chi connectivity index (χ2n) is 6.13. The van der Waals surface area contributed by atoms with E-state index in [1.165, 1.54) is 16.7 Å². The first-order chi connectivity index (χ1) is 13.7. The van der Waals surface area contributed by atoms with E-state index < -0.39 is 0 Å². The van der Waals surface area contributed by atoms with E-state index in [2.05, 4.69) is 34.4 Å². The summed E-state index contributed by atoms with van der Waals surface area (Å²) >= 11 is 1.52. The molecule has 0 saturated heterocycles. The van der Waals surface area contributed by atoms with Gasteiger partial charge in [0.1, 0.15) is 11.5 Å². The molecule has 28 heavy (non-hydrogen) atoms. The van der Waals surface area contributed by atoms with Gasteiger partial charge in [-0.2, -0.15) is 5.10 Å². The molecule has 1 heterocycles. The SMILES string of the molecule is CN=c1scc(-c2cccc3ccccc23)n1N=Cc1cc(OC)ccc1O. The molecule has 4 rings (SSSR count). The molecule has 0 atom stereocenters. The van der Waals surface area contributed by atoms with E-state index >= 15 is 0 Å². The first-order valence-corrected chi connectivity index (χ1v) is 9.62. The van der Waals surface area contributed by atoms with Crippen molar-refractivity contribution in [1.82, 2.24) is 4.68 Å². The van der Waals surface area contributed by atoms with Gasteiger partial charge in [-0.05, 0) is 29.0 Å². The van der Waals surface area contributed by atoms with Crippen LogP contribution >= 0.6 is 11.3 Å². The Hall–Kier alpha value is -3.38. The summed E-state index contributed by atoms with van der Waals surface area (Å²) in [5.74, 6) is 0.798. The summed E-state index contributed by atoms with van der Waals surface area (Å²) < 4.78 is 7.03. The Bertz CT molecular complexity index is 1230. The number of phenols is 1. The van der Waals surface area contributed by atoms with Crippen molar-refractivity contribution in [1.29, 1.82) is 0 Å². The third kappa shape index (κ3) is 3.30. The monoisotopic (exact) mass is 389 g/mol. The number of hydrogen-bond donors (Lipinski definition) is 1. The van der Waals surface area contributed by atoms with E-state index in [4.69, 9.17) is 4.74 Å². The third-order valence-corrected chi connectivity index (χ3v) is 5.40. The van der Waals surface area contributed by atoms with Crippen LogP contribution in [0.25, 0.3) is 22.0 Å². The molecule has 0 aliphatic rings. The van der Waals surface area contributed by atoms with Crippen molar-refractivity contribution >= 4 is 28.3 Å². The summed E-state index contributed by atoms with van der Waals surface area (Å²) in [6.45, 7) is 0. The van der Waals surface area contributed by atoms with Crippen LogP contribution in [0.2, 0.25) is 0 Å². The van der Waals surface area contributed by atoms with Gasteiger partial charge in [-0.15, -0.1) is 11.3 Å². The highest BCUT2D eigenvalue weighted by atomic mass is 32.1. The van der Waals surface area contributed by atoms with E-state index in [0.717, 1.165) is 21.4 Å². The third-order valence-electron chi connectivity index (χ3n) is 4.49. The van der Waals surface area contributed by atoms with Crippen molar-refractivity contribution in [2.24, 2.45) is 10.1 Å². The zero-order chi connectivity index (χ0) is 19.5. The summed E-state index contributed by atoms with van der Waals surface area (Å²) in [5, 5.41) is 19.1. The molecule has 0 aliphatic heterocycles. The predicted molar refractivity (Wildman–Crippen MR) is 114 cm³/mol. The van der Waals surface area contributed by atoms with Crippen LogP contribution in [0.3, 0.4) is 0 Å². The van der Waals surface area contributed by atoms with Crippen molar-refractivity contribution < 1.29 is 9.84 Å². The number of rotatable bonds is 4. The summed E-state index contributed by atoms with van der Waals surface area (Å²) in [7, 11) is 3.33. The van der Waals surface area contributed by atoms with E-state index in [9.17, 15) is 5.11 Å². The number of ether oxygens (including phenoxy) is 1. The highest BCUT2D eigenvalue weighted by molar-refractivity contribution is 7.07. The Morgan fingerprint density at radius 1 is 1.07 bits per heavy atom. The molecule has 4 aromatic rings. The molecule has 0 unspecified atom stereocenters. The van der Waals surface area contributed by atoms with Gasteiger partial charge >= 0.3 is 0 Å². The van der Waals surface area contributed by atoms with Crippen LogP contribution in [0.1, 0.15) is 5.56 Å². The Balaban J connectivity index is 1.86. The molecule has 3 aromatic carbocycles. The molecule has 0 saturated carbocycles. The van der Waals surface area contributed by atoms with E-state index in [1.807, 2.05) is 23.6 Å². The molecule has 0 fully saturated rings. The molecular weight excluding hydrogens is 370 g/mol. The second kappa shape index (κ2) is 7.70. The lowest BCUT2D eigenvalue weighted by Gasteiger charge is -2.08. The predicted octanol–water partition coefficient (Wildman–Crippen LogP) is 4.50. The van der Waals surface area contributed by atoms with Gasteiger partial charge in [0.05, 0.1) is 19.0 Å². The van der Waals surface area contributed by atoms with Gasteiger partial charge in [-0.1, -0.05) is 42.5 Å². The molecular formula is C22H19N3O2S. The molecule has 0 radical (unpaired) electrons. The minimum Gasteiger partial charge on any atom is -0.507 e. The summed E-state index contributed by atoms with van der Waals surface area (Å²) in [6, 6.07) is 19.5. The highest BCUT2D eigenvalue weighted by Gasteiger charge is 2.10. The van der Waals surface area contributed by atoms with Crippen molar-refractivity contribution in [2.45, 2.75) is 0 Å². The van der Waals surface area contributed by atoms with Crippen LogP contribution in [-0.2, 0) is 0 Å². The van der Waals surface area contributed by atoms with E-state index in [-0.39, 0.29) is 5.75 Å². The molecule has 5 nitrogen and oxygen atoms in total. The van der Waals surface area contributed by atoms with Crippen molar-refractivity contribution in [2.75, 3.05) is 14.2 Å². The number of thiazole rings is 1. The lowest BCUT2D eigenvalue weighted by molar-refractivity contribution is 0.412. The van der Waals surface area contributed by atoms with Crippen molar-refractivity contribution in [3.63, 3.8) is 0 Å². The lowest BCUT2D eigenvalue weighted by Crippen LogP contribution is -2.11. The molecule has 0 aliphatic carbocycles. The largest absolute Gasteiger partial charge is 0.507 e. The molecule has 6 heteroatoms. The molecule has 1 N–H and O–H groups in total. The highest BCUT2D eigenvalue weighted by Crippen LogP contribution is 2.29. The van der Waals surface area contributed by atoms with E-state index in [0.29, 0.717) is 11.3 Å². The van der Waals surface area contributed by atoms with E-state index in [1.54, 1.807) is 43.2 Å². The number of nitrogens with zero attached hydrogens (tertiary/aromatic N) is 3. The summed E-state index contributed by atoms with van der Waals surface area (Å²) in [6.07, 6.45) is 1.62. The topological polar surface area (TPSA) is 59.1 Å². The van der Waals surface area contributed by atoms with Gasteiger partial charge in [-0.25, -0.2) is 4.68 Å². The standard InChI is InChI=1S/C22H19N3O2S/c1-23-22-25(24-13-16-12-17(27-2)10-11-21(16)26)20(14-28-22)19-9-5-7-15-6-3-4-8-18(15)19/h3-14,26H,1-2H3. The minimum atomic E-state index is 0.141. The fourth-order valence-corrected chi connectivity index (χ4v) is 3.87. The molecule has 0 bridgehead atoms. The van der Waals surface area contributed by atoms with Gasteiger partial charge in [0.2, 0.25) is 4.80 Å². The quantitative estimate of drug-likeness (QED) is 0.523. The van der Waals surface area contributed by atoms with Gasteiger partial charge in [0.25, 0.3) is 0 Å². The zero-order valence-corrected chi connectivity index (χ0v) is 16.4. The van der Waals surface area contributed by atoms with Crippen LogP contribution in [0.4, 0.5) is 0 Å². The molecule has 1 aromatic heterocycles. The summed E-state index contributed by atoms with van der Waals surface area (Å²) in [5.41, 5.74) is 2.60. The number of hydrogen-bond acceptors (Lipinski definition) is 5. The molecule has 0 spiro atoms. The number of methoxy groups -OCH3 is 1. The number of aromatic nitrogens is 1. The number of fused-ring (bicyclic) bond motifs is 1. The smallest absolute Gasteiger partial charge is 0.205 e. The van der Waals surface area contributed by atoms with Crippen molar-refractivity contribution in [3.05, 3.63) is 76.4 Å². The maximum absolute atomic E-state index is 10.1. The van der Waals surface area contributed by atoms with Crippen LogP contribution < -0.4 is 9.54 Å². The molecule has 0 amide bonds. The first kappa shape index (κ1) is 18.0. The lowest BCUT2D eigenvalue weighted by atomic mass is 10.0. The number of aromatic hydroxyl groups is 1. The van der Waals surface area contributed by atoms with Gasteiger partial charge in [0.15, 0.2) is 0 Å². The van der Waals surface area contributed by atoms with Crippen LogP contribution in [0.5, 0.6) is 11.5 Å². The van der Waals surface area contributed by atoms with Gasteiger partial charge in [-0.3, -0.25) is 4.99 Å². The number of benzene rings is 3. The Kier molecular flexibility index (Phi) is 4.95. The van der Waals surface area contributed by atoms with Crippen LogP contribution in [-0.4, -0.2) is 30.2 Å². The fourth-order valence-electron chi connectivity index (χ4n) is 3.08. The second-order valence-corrected chi connectivity index (χ2v) is 6.97. The first-order valence-electron chi connectivity index (χ1n) is 8.74. The summed E-state index contributed by atoms with van der Waals surface area (Å²) in [4.78, 5) is 5.11. The maximum atomic E-state index is 10.1. The van der Waals surface area contributed by atoms with Gasteiger partial charge < -0.3 is 9.84 Å². The fraction of sp³-hybridized carbons (Fsp3) is 0.0909. The normalized spacial score (nSPS) is 12.1. The van der Waals surface area contributed by atoms with Crippen LogP contribution in [0.15, 0.2) is 76.1 Å². The average Bonchev–Trinajstić information content (AvgIpc) is 3.15. The molecule has 140 valence electrons. The maximum Gasteiger partial charge on any atom is 0.205 e. The Morgan fingerprint density at radius 2 is 1.89 bits per heavy atom.